The van der Waals surface area contributed by atoms with E-state index in [1.165, 1.54) is 13.0 Å². The van der Waals surface area contributed by atoms with Gasteiger partial charge in [-0.25, -0.2) is 4.79 Å². The molecule has 0 fully saturated rings. The molecule has 0 saturated carbocycles. The first kappa shape index (κ1) is 14.8. The molecule has 6 heteroatoms. The van der Waals surface area contributed by atoms with Gasteiger partial charge in [0, 0.05) is 6.54 Å². The number of rotatable bonds is 4. The molecule has 1 atom stereocenters. The highest BCUT2D eigenvalue weighted by Crippen LogP contribution is 2.26. The van der Waals surface area contributed by atoms with Crippen LogP contribution in [0.5, 0.6) is 0 Å². The molecule has 1 N–H and O–H groups in total. The maximum Gasteiger partial charge on any atom is 0.340 e. The zero-order chi connectivity index (χ0) is 13.7. The van der Waals surface area contributed by atoms with Gasteiger partial charge in [-0.15, -0.1) is 0 Å². The summed E-state index contributed by atoms with van der Waals surface area (Å²) in [6, 6.07) is 4.64. The van der Waals surface area contributed by atoms with Gasteiger partial charge in [0.2, 0.25) is 0 Å². The molecule has 0 aliphatic rings. The Hall–Kier alpha value is -1.26. The van der Waals surface area contributed by atoms with Gasteiger partial charge < -0.3 is 10.1 Å². The van der Waals surface area contributed by atoms with Crippen LogP contribution in [0.15, 0.2) is 18.2 Å². The Morgan fingerprint density at radius 2 is 2.06 bits per heavy atom. The monoisotopic (exact) mass is 289 g/mol. The largest absolute Gasteiger partial charge is 0.449 e. The van der Waals surface area contributed by atoms with Crippen LogP contribution in [-0.4, -0.2) is 24.5 Å². The molecule has 0 spiro atoms. The van der Waals surface area contributed by atoms with Gasteiger partial charge in [-0.2, -0.15) is 0 Å². The van der Waals surface area contributed by atoms with Crippen molar-refractivity contribution in [3.63, 3.8) is 0 Å². The molecule has 0 saturated heterocycles. The summed E-state index contributed by atoms with van der Waals surface area (Å²) < 4.78 is 4.99. The highest BCUT2D eigenvalue weighted by Gasteiger charge is 2.20. The topological polar surface area (TPSA) is 55.4 Å². The summed E-state index contributed by atoms with van der Waals surface area (Å²) in [5.41, 5.74) is 0.139. The second-order valence-electron chi connectivity index (χ2n) is 3.54. The van der Waals surface area contributed by atoms with Crippen molar-refractivity contribution in [3.05, 3.63) is 33.8 Å². The fourth-order valence-corrected chi connectivity index (χ4v) is 1.63. The first-order valence-corrected chi connectivity index (χ1v) is 6.15. The molecule has 98 valence electrons. The number of amides is 1. The molecule has 0 heterocycles. The molecule has 0 unspecified atom stereocenters. The van der Waals surface area contributed by atoms with E-state index in [4.69, 9.17) is 27.9 Å². The minimum atomic E-state index is -0.882. The minimum Gasteiger partial charge on any atom is -0.449 e. The Balaban J connectivity index is 2.77. The van der Waals surface area contributed by atoms with Crippen LogP contribution in [0.25, 0.3) is 0 Å². The Morgan fingerprint density at radius 3 is 2.67 bits per heavy atom. The summed E-state index contributed by atoms with van der Waals surface area (Å²) in [5, 5.41) is 2.93. The minimum absolute atomic E-state index is 0.118. The van der Waals surface area contributed by atoms with E-state index in [1.54, 1.807) is 19.1 Å². The Bertz CT molecular complexity index is 463. The summed E-state index contributed by atoms with van der Waals surface area (Å²) in [6.45, 7) is 3.74. The molecule has 4 nitrogen and oxygen atoms in total. The number of carbonyl (C=O) groups excluding carboxylic acids is 2. The molecule has 0 bridgehead atoms. The van der Waals surface area contributed by atoms with E-state index in [0.29, 0.717) is 6.54 Å². The van der Waals surface area contributed by atoms with E-state index < -0.39 is 12.1 Å². The zero-order valence-electron chi connectivity index (χ0n) is 10.00. The fraction of sp³-hybridized carbons (Fsp3) is 0.333. The average molecular weight is 290 g/mol. The van der Waals surface area contributed by atoms with Crippen molar-refractivity contribution in [1.82, 2.24) is 5.32 Å². The SMILES string of the molecule is CCNC(=O)[C@H](C)OC(=O)c1cccc(Cl)c1Cl. The van der Waals surface area contributed by atoms with Crippen LogP contribution in [-0.2, 0) is 9.53 Å². The molecule has 18 heavy (non-hydrogen) atoms. The fourth-order valence-electron chi connectivity index (χ4n) is 1.26. The van der Waals surface area contributed by atoms with Crippen molar-refractivity contribution in [2.45, 2.75) is 20.0 Å². The van der Waals surface area contributed by atoms with E-state index in [9.17, 15) is 9.59 Å². The smallest absolute Gasteiger partial charge is 0.340 e. The van der Waals surface area contributed by atoms with Crippen molar-refractivity contribution >= 4 is 35.1 Å². The molecule has 0 aliphatic carbocycles. The van der Waals surface area contributed by atoms with Gasteiger partial charge in [0.05, 0.1) is 15.6 Å². The van der Waals surface area contributed by atoms with E-state index in [2.05, 4.69) is 5.32 Å². The predicted molar refractivity (Wildman–Crippen MR) is 70.0 cm³/mol. The number of hydrogen-bond acceptors (Lipinski definition) is 3. The summed E-state index contributed by atoms with van der Waals surface area (Å²) in [6.07, 6.45) is -0.882. The molecular weight excluding hydrogens is 277 g/mol. The first-order chi connectivity index (χ1) is 8.47. The van der Waals surface area contributed by atoms with Crippen LogP contribution >= 0.6 is 23.2 Å². The van der Waals surface area contributed by atoms with Gasteiger partial charge in [-0.3, -0.25) is 4.79 Å². The molecule has 1 amide bonds. The Labute approximate surface area is 115 Å². The lowest BCUT2D eigenvalue weighted by Gasteiger charge is -2.13. The van der Waals surface area contributed by atoms with E-state index >= 15 is 0 Å². The molecule has 0 aromatic heterocycles. The number of hydrogen-bond donors (Lipinski definition) is 1. The van der Waals surface area contributed by atoms with Crippen LogP contribution < -0.4 is 5.32 Å². The Morgan fingerprint density at radius 1 is 1.39 bits per heavy atom. The molecule has 1 aromatic rings. The number of benzene rings is 1. The number of nitrogens with one attached hydrogen (secondary N) is 1. The van der Waals surface area contributed by atoms with E-state index in [0.717, 1.165) is 0 Å². The third-order valence-corrected chi connectivity index (χ3v) is 2.99. The van der Waals surface area contributed by atoms with Gasteiger partial charge in [0.1, 0.15) is 0 Å². The van der Waals surface area contributed by atoms with Crippen molar-refractivity contribution in [1.29, 1.82) is 0 Å². The van der Waals surface area contributed by atoms with Crippen molar-refractivity contribution < 1.29 is 14.3 Å². The molecular formula is C12H13Cl2NO3. The zero-order valence-corrected chi connectivity index (χ0v) is 11.5. The number of esters is 1. The lowest BCUT2D eigenvalue weighted by Crippen LogP contribution is -2.35. The second kappa shape index (κ2) is 6.61. The summed E-state index contributed by atoms with van der Waals surface area (Å²) >= 11 is 11.7. The van der Waals surface area contributed by atoms with Gasteiger partial charge in [0.25, 0.3) is 5.91 Å². The highest BCUT2D eigenvalue weighted by molar-refractivity contribution is 6.43. The van der Waals surface area contributed by atoms with Crippen LogP contribution in [0.4, 0.5) is 0 Å². The first-order valence-electron chi connectivity index (χ1n) is 5.40. The highest BCUT2D eigenvalue weighted by atomic mass is 35.5. The summed E-state index contributed by atoms with van der Waals surface area (Å²) in [5.74, 6) is -1.04. The van der Waals surface area contributed by atoms with Crippen LogP contribution in [0, 0.1) is 0 Å². The van der Waals surface area contributed by atoms with Crippen molar-refractivity contribution in [2.75, 3.05) is 6.54 Å². The third kappa shape index (κ3) is 3.62. The number of ether oxygens (including phenoxy) is 1. The average Bonchev–Trinajstić information content (AvgIpc) is 2.32. The van der Waals surface area contributed by atoms with Gasteiger partial charge >= 0.3 is 5.97 Å². The maximum atomic E-state index is 11.8. The normalized spacial score (nSPS) is 11.8. The maximum absolute atomic E-state index is 11.8. The summed E-state index contributed by atoms with van der Waals surface area (Å²) in [7, 11) is 0. The lowest BCUT2D eigenvalue weighted by atomic mass is 10.2. The molecule has 0 aliphatic heterocycles. The van der Waals surface area contributed by atoms with Crippen molar-refractivity contribution in [3.8, 4) is 0 Å². The number of halogens is 2. The number of likely N-dealkylation sites (N-methyl/N-ethyl adjacent to an activating group) is 1. The van der Waals surface area contributed by atoms with Crippen LogP contribution in [0.1, 0.15) is 24.2 Å². The van der Waals surface area contributed by atoms with Crippen molar-refractivity contribution in [2.24, 2.45) is 0 Å². The van der Waals surface area contributed by atoms with E-state index in [1.807, 2.05) is 0 Å². The van der Waals surface area contributed by atoms with Gasteiger partial charge in [0.15, 0.2) is 6.10 Å². The Kier molecular flexibility index (Phi) is 5.44. The molecule has 0 radical (unpaired) electrons. The lowest BCUT2D eigenvalue weighted by molar-refractivity contribution is -0.128. The summed E-state index contributed by atoms with van der Waals surface area (Å²) in [4.78, 5) is 23.2. The van der Waals surface area contributed by atoms with Gasteiger partial charge in [-0.1, -0.05) is 29.3 Å². The molecule has 1 aromatic carbocycles. The predicted octanol–water partition coefficient (Wildman–Crippen LogP) is 2.67. The van der Waals surface area contributed by atoms with Crippen LogP contribution in [0.2, 0.25) is 10.0 Å². The molecule has 1 rings (SSSR count). The standard InChI is InChI=1S/C12H13Cl2NO3/c1-3-15-11(16)7(2)18-12(17)8-5-4-6-9(13)10(8)14/h4-7H,3H2,1-2H3,(H,15,16)/t7-/m0/s1. The third-order valence-electron chi connectivity index (χ3n) is 2.18. The van der Waals surface area contributed by atoms with Gasteiger partial charge in [-0.05, 0) is 26.0 Å². The number of carbonyl (C=O) groups is 2. The quantitative estimate of drug-likeness (QED) is 0.867. The van der Waals surface area contributed by atoms with E-state index in [-0.39, 0.29) is 21.5 Å². The second-order valence-corrected chi connectivity index (χ2v) is 4.33. The van der Waals surface area contributed by atoms with Crippen LogP contribution in [0.3, 0.4) is 0 Å².